The van der Waals surface area contributed by atoms with Crippen LogP contribution in [0, 0.1) is 11.3 Å². The number of nitriles is 1. The molecule has 0 unspecified atom stereocenters. The molecule has 4 nitrogen and oxygen atoms in total. The van der Waals surface area contributed by atoms with Crippen LogP contribution in [0.25, 0.3) is 0 Å². The number of carbonyl (C=O) groups is 1. The third kappa shape index (κ3) is 4.76. The maximum Gasteiger partial charge on any atom is 0.305 e. The van der Waals surface area contributed by atoms with Crippen molar-refractivity contribution >= 4 is 27.6 Å². The van der Waals surface area contributed by atoms with Crippen molar-refractivity contribution in [2.45, 2.75) is 19.8 Å². The number of nitrogens with zero attached hydrogens (tertiary/aromatic N) is 1. The smallest absolute Gasteiger partial charge is 0.305 e. The van der Waals surface area contributed by atoms with Crippen LogP contribution in [0.5, 0.6) is 0 Å². The minimum atomic E-state index is -0.186. The van der Waals surface area contributed by atoms with Crippen LogP contribution in [0.2, 0.25) is 0 Å². The molecule has 18 heavy (non-hydrogen) atoms. The molecule has 0 aliphatic rings. The van der Waals surface area contributed by atoms with Crippen LogP contribution in [0.4, 0.5) is 5.69 Å². The highest BCUT2D eigenvalue weighted by Crippen LogP contribution is 2.20. The Labute approximate surface area is 115 Å². The minimum absolute atomic E-state index is 0.186. The van der Waals surface area contributed by atoms with Crippen molar-refractivity contribution in [1.29, 1.82) is 5.26 Å². The van der Waals surface area contributed by atoms with Gasteiger partial charge in [0.15, 0.2) is 0 Å². The first-order valence-corrected chi connectivity index (χ1v) is 6.55. The summed E-state index contributed by atoms with van der Waals surface area (Å²) in [4.78, 5) is 11.1. The average molecular weight is 311 g/mol. The molecule has 0 aliphatic carbocycles. The first kappa shape index (κ1) is 14.5. The molecular weight excluding hydrogens is 296 g/mol. The van der Waals surface area contributed by atoms with Crippen molar-refractivity contribution in [3.05, 3.63) is 28.2 Å². The van der Waals surface area contributed by atoms with Gasteiger partial charge in [-0.25, -0.2) is 0 Å². The highest BCUT2D eigenvalue weighted by atomic mass is 79.9. The second kappa shape index (κ2) is 7.72. The molecule has 0 radical (unpaired) electrons. The van der Waals surface area contributed by atoms with Crippen LogP contribution in [0.3, 0.4) is 0 Å². The maximum atomic E-state index is 11.1. The number of ether oxygens (including phenoxy) is 1. The topological polar surface area (TPSA) is 62.1 Å². The predicted octanol–water partition coefficient (Wildman–Crippen LogP) is 3.08. The molecule has 1 rings (SSSR count). The molecular formula is C13H15BrN2O2. The highest BCUT2D eigenvalue weighted by Gasteiger charge is 2.04. The van der Waals surface area contributed by atoms with Crippen molar-refractivity contribution in [2.75, 3.05) is 18.5 Å². The van der Waals surface area contributed by atoms with Gasteiger partial charge in [-0.15, -0.1) is 0 Å². The quantitative estimate of drug-likeness (QED) is 0.648. The van der Waals surface area contributed by atoms with E-state index in [9.17, 15) is 4.79 Å². The third-order valence-electron chi connectivity index (χ3n) is 2.28. The molecule has 0 amide bonds. The summed E-state index contributed by atoms with van der Waals surface area (Å²) in [6.07, 6.45) is 1.06. The van der Waals surface area contributed by atoms with E-state index in [1.165, 1.54) is 0 Å². The number of hydrogen-bond donors (Lipinski definition) is 1. The monoisotopic (exact) mass is 310 g/mol. The molecule has 0 saturated carbocycles. The zero-order valence-electron chi connectivity index (χ0n) is 10.2. The van der Waals surface area contributed by atoms with Crippen LogP contribution in [0.1, 0.15) is 25.3 Å². The number of benzene rings is 1. The molecule has 0 atom stereocenters. The number of esters is 1. The lowest BCUT2D eigenvalue weighted by Crippen LogP contribution is -2.08. The van der Waals surface area contributed by atoms with Gasteiger partial charge in [0.1, 0.15) is 6.07 Å². The Balaban J connectivity index is 2.42. The van der Waals surface area contributed by atoms with Crippen molar-refractivity contribution in [3.8, 4) is 6.07 Å². The van der Waals surface area contributed by atoms with Crippen molar-refractivity contribution in [2.24, 2.45) is 0 Å². The molecule has 5 heteroatoms. The number of hydrogen-bond acceptors (Lipinski definition) is 4. The summed E-state index contributed by atoms with van der Waals surface area (Å²) in [6, 6.07) is 7.54. The van der Waals surface area contributed by atoms with Gasteiger partial charge in [-0.1, -0.05) is 15.9 Å². The van der Waals surface area contributed by atoms with Gasteiger partial charge in [0, 0.05) is 17.4 Å². The molecule has 0 heterocycles. The summed E-state index contributed by atoms with van der Waals surface area (Å²) in [5, 5.41) is 12.1. The van der Waals surface area contributed by atoms with E-state index in [4.69, 9.17) is 10.00 Å². The summed E-state index contributed by atoms with van der Waals surface area (Å²) in [5.74, 6) is -0.186. The molecule has 0 spiro atoms. The van der Waals surface area contributed by atoms with E-state index in [0.29, 0.717) is 31.6 Å². The van der Waals surface area contributed by atoms with E-state index in [-0.39, 0.29) is 5.97 Å². The van der Waals surface area contributed by atoms with E-state index in [2.05, 4.69) is 27.3 Å². The zero-order valence-corrected chi connectivity index (χ0v) is 11.8. The average Bonchev–Trinajstić information content (AvgIpc) is 2.35. The fourth-order valence-electron chi connectivity index (χ4n) is 1.45. The Kier molecular flexibility index (Phi) is 6.23. The maximum absolute atomic E-state index is 11.1. The van der Waals surface area contributed by atoms with Crippen LogP contribution >= 0.6 is 15.9 Å². The lowest BCUT2D eigenvalue weighted by molar-refractivity contribution is -0.143. The standard InChI is InChI=1S/C13H15BrN2O2/c1-2-18-13(17)4-3-7-16-12-8-11(14)6-5-10(12)9-15/h5-6,8,16H,2-4,7H2,1H3. The first-order chi connectivity index (χ1) is 8.67. The van der Waals surface area contributed by atoms with E-state index in [1.54, 1.807) is 13.0 Å². The number of nitrogens with one attached hydrogen (secondary N) is 1. The Morgan fingerprint density at radius 3 is 3.00 bits per heavy atom. The zero-order chi connectivity index (χ0) is 13.4. The summed E-state index contributed by atoms with van der Waals surface area (Å²) < 4.78 is 5.74. The summed E-state index contributed by atoms with van der Waals surface area (Å²) in [7, 11) is 0. The van der Waals surface area contributed by atoms with Crippen LogP contribution in [-0.2, 0) is 9.53 Å². The number of carbonyl (C=O) groups excluding carboxylic acids is 1. The normalized spacial score (nSPS) is 9.61. The Morgan fingerprint density at radius 1 is 1.56 bits per heavy atom. The van der Waals surface area contributed by atoms with Crippen molar-refractivity contribution < 1.29 is 9.53 Å². The van der Waals surface area contributed by atoms with Gasteiger partial charge in [-0.05, 0) is 31.5 Å². The SMILES string of the molecule is CCOC(=O)CCCNc1cc(Br)ccc1C#N. The largest absolute Gasteiger partial charge is 0.466 e. The van der Waals surface area contributed by atoms with E-state index >= 15 is 0 Å². The van der Waals surface area contributed by atoms with Crippen molar-refractivity contribution in [3.63, 3.8) is 0 Å². The molecule has 0 aliphatic heterocycles. The van der Waals surface area contributed by atoms with Gasteiger partial charge in [-0.2, -0.15) is 5.26 Å². The number of anilines is 1. The van der Waals surface area contributed by atoms with Gasteiger partial charge in [0.05, 0.1) is 17.9 Å². The molecule has 96 valence electrons. The van der Waals surface area contributed by atoms with E-state index in [1.807, 2.05) is 12.1 Å². The lowest BCUT2D eigenvalue weighted by atomic mass is 10.2. The first-order valence-electron chi connectivity index (χ1n) is 5.76. The van der Waals surface area contributed by atoms with Gasteiger partial charge in [0.2, 0.25) is 0 Å². The van der Waals surface area contributed by atoms with Gasteiger partial charge in [-0.3, -0.25) is 4.79 Å². The van der Waals surface area contributed by atoms with Crippen LogP contribution < -0.4 is 5.32 Å². The number of halogens is 1. The summed E-state index contributed by atoms with van der Waals surface area (Å²) in [5.41, 5.74) is 1.37. The minimum Gasteiger partial charge on any atom is -0.466 e. The van der Waals surface area contributed by atoms with Gasteiger partial charge in [0.25, 0.3) is 0 Å². The fraction of sp³-hybridized carbons (Fsp3) is 0.385. The molecule has 0 saturated heterocycles. The molecule has 1 aromatic rings. The van der Waals surface area contributed by atoms with Gasteiger partial charge < -0.3 is 10.1 Å². The van der Waals surface area contributed by atoms with E-state index < -0.39 is 0 Å². The highest BCUT2D eigenvalue weighted by molar-refractivity contribution is 9.10. The summed E-state index contributed by atoms with van der Waals surface area (Å²) in [6.45, 7) is 2.83. The molecule has 1 aromatic carbocycles. The van der Waals surface area contributed by atoms with E-state index in [0.717, 1.165) is 10.2 Å². The van der Waals surface area contributed by atoms with Crippen LogP contribution in [-0.4, -0.2) is 19.1 Å². The van der Waals surface area contributed by atoms with Crippen molar-refractivity contribution in [1.82, 2.24) is 0 Å². The third-order valence-corrected chi connectivity index (χ3v) is 2.77. The molecule has 1 N–H and O–H groups in total. The molecule has 0 fully saturated rings. The predicted molar refractivity (Wildman–Crippen MR) is 73.2 cm³/mol. The summed E-state index contributed by atoms with van der Waals surface area (Å²) >= 11 is 3.35. The van der Waals surface area contributed by atoms with Crippen LogP contribution in [0.15, 0.2) is 22.7 Å². The Hall–Kier alpha value is -1.54. The fourth-order valence-corrected chi connectivity index (χ4v) is 1.81. The second-order valence-electron chi connectivity index (χ2n) is 3.64. The Morgan fingerprint density at radius 2 is 2.33 bits per heavy atom. The van der Waals surface area contributed by atoms with Gasteiger partial charge >= 0.3 is 5.97 Å². The lowest BCUT2D eigenvalue weighted by Gasteiger charge is -2.08. The number of rotatable bonds is 6. The second-order valence-corrected chi connectivity index (χ2v) is 4.55. The molecule has 0 bridgehead atoms. The molecule has 0 aromatic heterocycles. The Bertz CT molecular complexity index is 455.